The van der Waals surface area contributed by atoms with E-state index in [1.807, 2.05) is 11.8 Å². The number of morpholine rings is 1. The largest absolute Gasteiger partial charge is 0.473 e. The van der Waals surface area contributed by atoms with Gasteiger partial charge in [-0.15, -0.1) is 11.8 Å². The maximum absolute atomic E-state index is 9.10. The Balaban J connectivity index is 0.000000409. The number of rotatable bonds is 5. The van der Waals surface area contributed by atoms with Gasteiger partial charge in [-0.3, -0.25) is 0 Å². The molecule has 0 aromatic carbocycles. The lowest BCUT2D eigenvalue weighted by molar-refractivity contribution is -0.159. The molecule has 0 atom stereocenters. The Morgan fingerprint density at radius 1 is 1.21 bits per heavy atom. The Morgan fingerprint density at radius 3 is 2.50 bits per heavy atom. The quantitative estimate of drug-likeness (QED) is 0.693. The zero-order valence-electron chi connectivity index (χ0n) is 16.4. The maximum Gasteiger partial charge on any atom is 0.414 e. The summed E-state index contributed by atoms with van der Waals surface area (Å²) < 4.78 is 5.45. The van der Waals surface area contributed by atoms with E-state index in [1.165, 1.54) is 35.6 Å². The van der Waals surface area contributed by atoms with Gasteiger partial charge < -0.3 is 24.7 Å². The van der Waals surface area contributed by atoms with Crippen molar-refractivity contribution in [1.82, 2.24) is 9.97 Å². The average molecular weight is 413 g/mol. The minimum Gasteiger partial charge on any atom is -0.473 e. The number of carboxylic acids is 2. The van der Waals surface area contributed by atoms with E-state index in [0.717, 1.165) is 51.0 Å². The van der Waals surface area contributed by atoms with E-state index in [2.05, 4.69) is 23.8 Å². The van der Waals surface area contributed by atoms with Crippen LogP contribution in [0.3, 0.4) is 0 Å². The van der Waals surface area contributed by atoms with Crippen LogP contribution in [0.15, 0.2) is 4.90 Å². The standard InChI is InChI=1S/C16H26N4OS.C2H2O4/c1-3-4-7-19(2)15-14-13(6-5-12-22-14)17-16(18-15)20-8-10-21-11-9-20;3-1(4)2(5)6/h3-12H2,1-2H3;(H,3,4)(H,5,6). The van der Waals surface area contributed by atoms with Gasteiger partial charge in [-0.1, -0.05) is 13.3 Å². The van der Waals surface area contributed by atoms with E-state index in [-0.39, 0.29) is 0 Å². The summed E-state index contributed by atoms with van der Waals surface area (Å²) >= 11 is 1.92. The van der Waals surface area contributed by atoms with Crippen LogP contribution in [0.1, 0.15) is 31.9 Å². The number of aliphatic carboxylic acids is 2. The molecular weight excluding hydrogens is 384 g/mol. The molecule has 0 spiro atoms. The van der Waals surface area contributed by atoms with Crippen LogP contribution in [0.2, 0.25) is 0 Å². The number of fused-ring (bicyclic) bond motifs is 1. The molecule has 1 aromatic heterocycles. The first-order valence-corrected chi connectivity index (χ1v) is 10.5. The van der Waals surface area contributed by atoms with Crippen LogP contribution in [0.5, 0.6) is 0 Å². The van der Waals surface area contributed by atoms with E-state index in [4.69, 9.17) is 34.5 Å². The van der Waals surface area contributed by atoms with Crippen LogP contribution in [0, 0.1) is 0 Å². The molecule has 0 saturated carbocycles. The van der Waals surface area contributed by atoms with Crippen LogP contribution in [0.25, 0.3) is 0 Å². The molecular formula is C18H28N4O5S. The number of carboxylic acid groups (broad SMARTS) is 2. The Morgan fingerprint density at radius 2 is 1.89 bits per heavy atom. The second-order valence-corrected chi connectivity index (χ2v) is 7.67. The number of unbranched alkanes of at least 4 members (excludes halogenated alkanes) is 1. The van der Waals surface area contributed by atoms with Crippen LogP contribution in [-0.2, 0) is 20.7 Å². The van der Waals surface area contributed by atoms with Crippen molar-refractivity contribution < 1.29 is 24.5 Å². The summed E-state index contributed by atoms with van der Waals surface area (Å²) in [5.74, 6) is -0.445. The number of anilines is 2. The lowest BCUT2D eigenvalue weighted by atomic mass is 10.2. The van der Waals surface area contributed by atoms with Gasteiger partial charge in [0, 0.05) is 26.7 Å². The molecule has 28 heavy (non-hydrogen) atoms. The minimum absolute atomic E-state index is 0.774. The molecule has 0 bridgehead atoms. The molecule has 10 heteroatoms. The normalized spacial score (nSPS) is 15.9. The third kappa shape index (κ3) is 6.23. The topological polar surface area (TPSA) is 116 Å². The first-order chi connectivity index (χ1) is 13.4. The fraction of sp³-hybridized carbons (Fsp3) is 0.667. The highest BCUT2D eigenvalue weighted by Gasteiger charge is 2.23. The third-order valence-electron chi connectivity index (χ3n) is 4.40. The van der Waals surface area contributed by atoms with E-state index >= 15 is 0 Å². The average Bonchev–Trinajstić information content (AvgIpc) is 2.72. The molecule has 3 rings (SSSR count). The zero-order chi connectivity index (χ0) is 20.5. The van der Waals surface area contributed by atoms with Crippen molar-refractivity contribution >= 4 is 35.5 Å². The summed E-state index contributed by atoms with van der Waals surface area (Å²) in [4.78, 5) is 33.9. The summed E-state index contributed by atoms with van der Waals surface area (Å²) in [6, 6.07) is 0. The summed E-state index contributed by atoms with van der Waals surface area (Å²) in [5.41, 5.74) is 1.24. The fourth-order valence-corrected chi connectivity index (χ4v) is 4.00. The molecule has 2 N–H and O–H groups in total. The molecule has 2 aliphatic rings. The highest BCUT2D eigenvalue weighted by molar-refractivity contribution is 7.99. The molecule has 0 aliphatic carbocycles. The van der Waals surface area contributed by atoms with Crippen LogP contribution < -0.4 is 9.80 Å². The van der Waals surface area contributed by atoms with Crippen molar-refractivity contribution in [2.24, 2.45) is 0 Å². The second-order valence-electron chi connectivity index (χ2n) is 6.56. The first-order valence-electron chi connectivity index (χ1n) is 9.47. The zero-order valence-corrected chi connectivity index (χ0v) is 17.2. The number of ether oxygens (including phenoxy) is 1. The van der Waals surface area contributed by atoms with Gasteiger partial charge in [0.15, 0.2) is 0 Å². The van der Waals surface area contributed by atoms with Crippen molar-refractivity contribution in [3.8, 4) is 0 Å². The molecule has 1 aromatic rings. The number of hydrogen-bond acceptors (Lipinski definition) is 8. The SMILES string of the molecule is CCCCN(C)c1nc(N2CCOCC2)nc2c1SCCC2.O=C(O)C(=O)O. The van der Waals surface area contributed by atoms with Crippen LogP contribution in [-0.4, -0.2) is 77.8 Å². The first kappa shape index (κ1) is 22.2. The summed E-state index contributed by atoms with van der Waals surface area (Å²) in [7, 11) is 2.16. The van der Waals surface area contributed by atoms with Gasteiger partial charge in [-0.2, -0.15) is 4.98 Å². The van der Waals surface area contributed by atoms with Gasteiger partial charge in [0.1, 0.15) is 5.82 Å². The highest BCUT2D eigenvalue weighted by Crippen LogP contribution is 2.37. The lowest BCUT2D eigenvalue weighted by Gasteiger charge is -2.30. The van der Waals surface area contributed by atoms with Gasteiger partial charge in [-0.05, 0) is 25.0 Å². The monoisotopic (exact) mass is 412 g/mol. The molecule has 3 heterocycles. The minimum atomic E-state index is -1.82. The summed E-state index contributed by atoms with van der Waals surface area (Å²) in [5, 5.41) is 14.8. The number of aromatic nitrogens is 2. The van der Waals surface area contributed by atoms with Crippen molar-refractivity contribution in [1.29, 1.82) is 0 Å². The third-order valence-corrected chi connectivity index (χ3v) is 5.60. The van der Waals surface area contributed by atoms with Gasteiger partial charge >= 0.3 is 11.9 Å². The van der Waals surface area contributed by atoms with Crippen molar-refractivity contribution in [2.75, 3.05) is 55.4 Å². The van der Waals surface area contributed by atoms with Crippen LogP contribution >= 0.6 is 11.8 Å². The molecule has 1 saturated heterocycles. The smallest absolute Gasteiger partial charge is 0.414 e. The highest BCUT2D eigenvalue weighted by atomic mass is 32.2. The molecule has 2 aliphatic heterocycles. The molecule has 9 nitrogen and oxygen atoms in total. The number of nitrogens with zero attached hydrogens (tertiary/aromatic N) is 4. The van der Waals surface area contributed by atoms with Gasteiger partial charge in [0.05, 0.1) is 23.8 Å². The fourth-order valence-electron chi connectivity index (χ4n) is 2.87. The van der Waals surface area contributed by atoms with E-state index in [1.54, 1.807) is 0 Å². The summed E-state index contributed by atoms with van der Waals surface area (Å²) in [6.07, 6.45) is 4.71. The van der Waals surface area contributed by atoms with E-state index < -0.39 is 11.9 Å². The Labute approximate surface area is 169 Å². The van der Waals surface area contributed by atoms with E-state index in [0.29, 0.717) is 0 Å². The Bertz CT molecular complexity index is 670. The lowest BCUT2D eigenvalue weighted by Crippen LogP contribution is -2.38. The van der Waals surface area contributed by atoms with Crippen molar-refractivity contribution in [3.05, 3.63) is 5.69 Å². The maximum atomic E-state index is 9.10. The Kier molecular flexibility index (Phi) is 8.78. The number of carbonyl (C=O) groups is 2. The molecule has 1 fully saturated rings. The molecule has 0 amide bonds. The van der Waals surface area contributed by atoms with Gasteiger partial charge in [-0.25, -0.2) is 14.6 Å². The van der Waals surface area contributed by atoms with Crippen molar-refractivity contribution in [2.45, 2.75) is 37.5 Å². The predicted molar refractivity (Wildman–Crippen MR) is 108 cm³/mol. The molecule has 0 unspecified atom stereocenters. The predicted octanol–water partition coefficient (Wildman–Crippen LogP) is 1.74. The van der Waals surface area contributed by atoms with Gasteiger partial charge in [0.2, 0.25) is 5.95 Å². The second kappa shape index (κ2) is 11.1. The summed E-state index contributed by atoms with van der Waals surface area (Å²) in [6.45, 7) is 6.63. The molecule has 0 radical (unpaired) electrons. The number of aryl methyl sites for hydroxylation is 1. The van der Waals surface area contributed by atoms with Gasteiger partial charge in [0.25, 0.3) is 0 Å². The number of thioether (sulfide) groups is 1. The van der Waals surface area contributed by atoms with Crippen LogP contribution in [0.4, 0.5) is 11.8 Å². The van der Waals surface area contributed by atoms with E-state index in [9.17, 15) is 0 Å². The number of hydrogen-bond donors (Lipinski definition) is 2. The molecule has 156 valence electrons. The van der Waals surface area contributed by atoms with Crippen molar-refractivity contribution in [3.63, 3.8) is 0 Å². The Hall–Kier alpha value is -2.07.